The average Bonchev–Trinajstić information content (AvgIpc) is 2.33. The van der Waals surface area contributed by atoms with Crippen molar-refractivity contribution in [2.24, 2.45) is 5.92 Å². The Morgan fingerprint density at radius 2 is 1.75 bits per heavy atom. The van der Waals surface area contributed by atoms with Gasteiger partial charge in [0.25, 0.3) is 0 Å². The number of carbonyl (C=O) groups excluding carboxylic acids is 1. The largest absolute Gasteiger partial charge is 0.298 e. The second kappa shape index (κ2) is 7.86. The molecule has 0 saturated heterocycles. The van der Waals surface area contributed by atoms with E-state index in [-0.39, 0.29) is 5.92 Å². The molecule has 0 amide bonds. The van der Waals surface area contributed by atoms with Crippen LogP contribution in [0.3, 0.4) is 0 Å². The predicted octanol–water partition coefficient (Wildman–Crippen LogP) is 2.52. The highest BCUT2D eigenvalue weighted by atomic mass is 16.1. The third kappa shape index (κ3) is 3.65. The maximum atomic E-state index is 11.0. The number of hydrogen-bond acceptors (Lipinski definition) is 1. The minimum atomic E-state index is 0.272. The topological polar surface area (TPSA) is 17.1 Å². The van der Waals surface area contributed by atoms with Crippen molar-refractivity contribution in [3.05, 3.63) is 34.7 Å². The standard InChI is InChI=1S/C13H16O.C2H6/c1-4-11-7-5-6-8-12(11)13(9-14)10(2)3;1-2/h4-10H,1-3H3;1-2H3/b11-4-,13-12-;. The molecule has 1 aromatic carbocycles. The highest BCUT2D eigenvalue weighted by Gasteiger charge is 2.02. The molecule has 0 bridgehead atoms. The summed E-state index contributed by atoms with van der Waals surface area (Å²) in [6.45, 7) is 10.1. The minimum absolute atomic E-state index is 0.272. The van der Waals surface area contributed by atoms with Gasteiger partial charge in [0.15, 0.2) is 0 Å². The lowest BCUT2D eigenvalue weighted by atomic mass is 10.0. The molecule has 0 aliphatic carbocycles. The van der Waals surface area contributed by atoms with E-state index in [1.54, 1.807) is 0 Å². The third-order valence-electron chi connectivity index (χ3n) is 2.33. The van der Waals surface area contributed by atoms with Gasteiger partial charge in [0, 0.05) is 5.57 Å². The van der Waals surface area contributed by atoms with Crippen LogP contribution >= 0.6 is 0 Å². The molecule has 0 aliphatic rings. The van der Waals surface area contributed by atoms with Gasteiger partial charge in [0.1, 0.15) is 6.29 Å². The lowest BCUT2D eigenvalue weighted by Gasteiger charge is -2.03. The number of benzene rings is 1. The van der Waals surface area contributed by atoms with Crippen LogP contribution in [0.4, 0.5) is 0 Å². The molecule has 0 saturated carbocycles. The Morgan fingerprint density at radius 1 is 1.19 bits per heavy atom. The molecule has 0 heterocycles. The van der Waals surface area contributed by atoms with Crippen LogP contribution < -0.4 is 10.4 Å². The van der Waals surface area contributed by atoms with Crippen molar-refractivity contribution in [2.75, 3.05) is 0 Å². The van der Waals surface area contributed by atoms with Crippen LogP contribution in [0.2, 0.25) is 0 Å². The SMILES string of the molecule is C/C=c1/cccc/c1=C(\C=O)C(C)C.CC. The summed E-state index contributed by atoms with van der Waals surface area (Å²) in [5.74, 6) is 0.272. The van der Waals surface area contributed by atoms with E-state index in [2.05, 4.69) is 0 Å². The first-order chi connectivity index (χ1) is 7.70. The van der Waals surface area contributed by atoms with Crippen LogP contribution in [0.15, 0.2) is 24.3 Å². The van der Waals surface area contributed by atoms with Crippen LogP contribution in [-0.2, 0) is 4.79 Å². The summed E-state index contributed by atoms with van der Waals surface area (Å²) in [7, 11) is 0. The van der Waals surface area contributed by atoms with Crippen LogP contribution in [0.25, 0.3) is 11.6 Å². The highest BCUT2D eigenvalue weighted by Crippen LogP contribution is 2.03. The van der Waals surface area contributed by atoms with E-state index in [9.17, 15) is 4.79 Å². The van der Waals surface area contributed by atoms with E-state index in [1.165, 1.54) is 0 Å². The normalized spacial score (nSPS) is 13.0. The molecule has 1 heteroatoms. The van der Waals surface area contributed by atoms with Gasteiger partial charge in [0.05, 0.1) is 0 Å². The predicted molar refractivity (Wildman–Crippen MR) is 71.5 cm³/mol. The van der Waals surface area contributed by atoms with Crippen molar-refractivity contribution in [3.63, 3.8) is 0 Å². The second-order valence-electron chi connectivity index (χ2n) is 3.60. The van der Waals surface area contributed by atoms with Gasteiger partial charge < -0.3 is 0 Å². The maximum absolute atomic E-state index is 11.0. The fraction of sp³-hybridized carbons (Fsp3) is 0.400. The molecular formula is C15H22O. The zero-order chi connectivity index (χ0) is 12.6. The van der Waals surface area contributed by atoms with Crippen LogP contribution in [0.1, 0.15) is 34.6 Å². The van der Waals surface area contributed by atoms with Gasteiger partial charge in [-0.15, -0.1) is 0 Å². The van der Waals surface area contributed by atoms with E-state index >= 15 is 0 Å². The van der Waals surface area contributed by atoms with E-state index in [4.69, 9.17) is 0 Å². The Morgan fingerprint density at radius 3 is 2.19 bits per heavy atom. The molecule has 0 spiro atoms. The molecule has 0 N–H and O–H groups in total. The number of hydrogen-bond donors (Lipinski definition) is 0. The second-order valence-corrected chi connectivity index (χ2v) is 3.60. The van der Waals surface area contributed by atoms with E-state index in [0.29, 0.717) is 0 Å². The molecule has 0 atom stereocenters. The molecule has 0 unspecified atom stereocenters. The number of rotatable bonds is 2. The average molecular weight is 218 g/mol. The Labute approximate surface area is 98.5 Å². The van der Waals surface area contributed by atoms with Gasteiger partial charge in [-0.2, -0.15) is 0 Å². The first-order valence-electron chi connectivity index (χ1n) is 5.91. The smallest absolute Gasteiger partial charge is 0.146 e. The monoisotopic (exact) mass is 218 g/mol. The fourth-order valence-electron chi connectivity index (χ4n) is 1.52. The Balaban J connectivity index is 0.00000106. The van der Waals surface area contributed by atoms with Crippen molar-refractivity contribution < 1.29 is 4.79 Å². The molecule has 0 aromatic heterocycles. The van der Waals surface area contributed by atoms with E-state index in [1.807, 2.05) is 65.0 Å². The Bertz CT molecular complexity index is 427. The zero-order valence-electron chi connectivity index (χ0n) is 10.9. The summed E-state index contributed by atoms with van der Waals surface area (Å²) in [5.41, 5.74) is 0.874. The number of carbonyl (C=O) groups is 1. The van der Waals surface area contributed by atoms with Crippen molar-refractivity contribution in [1.29, 1.82) is 0 Å². The van der Waals surface area contributed by atoms with Gasteiger partial charge in [-0.1, -0.05) is 58.0 Å². The van der Waals surface area contributed by atoms with Crippen molar-refractivity contribution in [3.8, 4) is 0 Å². The van der Waals surface area contributed by atoms with E-state index < -0.39 is 0 Å². The van der Waals surface area contributed by atoms with Crippen molar-refractivity contribution in [2.45, 2.75) is 34.6 Å². The van der Waals surface area contributed by atoms with Gasteiger partial charge in [-0.25, -0.2) is 0 Å². The van der Waals surface area contributed by atoms with Gasteiger partial charge in [-0.05, 0) is 23.3 Å². The zero-order valence-corrected chi connectivity index (χ0v) is 10.9. The Hall–Kier alpha value is -1.37. The van der Waals surface area contributed by atoms with Crippen molar-refractivity contribution >= 4 is 17.9 Å². The first kappa shape index (κ1) is 14.6. The van der Waals surface area contributed by atoms with E-state index in [0.717, 1.165) is 22.3 Å². The Kier molecular flexibility index (Phi) is 7.19. The molecule has 16 heavy (non-hydrogen) atoms. The molecule has 0 fully saturated rings. The lowest BCUT2D eigenvalue weighted by molar-refractivity contribution is -0.103. The van der Waals surface area contributed by atoms with Gasteiger partial charge >= 0.3 is 0 Å². The van der Waals surface area contributed by atoms with Crippen LogP contribution in [0.5, 0.6) is 0 Å². The molecule has 88 valence electrons. The summed E-state index contributed by atoms with van der Waals surface area (Å²) < 4.78 is 0. The number of aldehydes is 1. The summed E-state index contributed by atoms with van der Waals surface area (Å²) in [5, 5.41) is 2.18. The highest BCUT2D eigenvalue weighted by molar-refractivity contribution is 5.99. The van der Waals surface area contributed by atoms with Gasteiger partial charge in [-0.3, -0.25) is 4.79 Å². The minimum Gasteiger partial charge on any atom is -0.298 e. The summed E-state index contributed by atoms with van der Waals surface area (Å²) >= 11 is 0. The molecule has 1 nitrogen and oxygen atoms in total. The summed E-state index contributed by atoms with van der Waals surface area (Å²) in [4.78, 5) is 11.0. The maximum Gasteiger partial charge on any atom is 0.146 e. The quantitative estimate of drug-likeness (QED) is 0.697. The molecular weight excluding hydrogens is 196 g/mol. The first-order valence-corrected chi connectivity index (χ1v) is 5.91. The van der Waals surface area contributed by atoms with Crippen LogP contribution in [-0.4, -0.2) is 6.29 Å². The summed E-state index contributed by atoms with van der Waals surface area (Å²) in [6.07, 6.45) is 2.99. The third-order valence-corrected chi connectivity index (χ3v) is 2.33. The van der Waals surface area contributed by atoms with Crippen molar-refractivity contribution in [1.82, 2.24) is 0 Å². The van der Waals surface area contributed by atoms with Gasteiger partial charge in [0.2, 0.25) is 0 Å². The molecule has 1 aromatic rings. The molecule has 0 aliphatic heterocycles. The lowest BCUT2D eigenvalue weighted by Crippen LogP contribution is -2.28. The molecule has 1 rings (SSSR count). The molecule has 0 radical (unpaired) electrons. The van der Waals surface area contributed by atoms with Crippen LogP contribution in [0, 0.1) is 5.92 Å². The fourth-order valence-corrected chi connectivity index (χ4v) is 1.52. The summed E-state index contributed by atoms with van der Waals surface area (Å²) in [6, 6.07) is 7.98.